The van der Waals surface area contributed by atoms with Crippen LogP contribution in [0.25, 0.3) is 0 Å². The second-order valence-electron chi connectivity index (χ2n) is 6.83. The topological polar surface area (TPSA) is 0 Å². The SMILES string of the molecule is Cc1c(C)c(C)c(C(C)(C)C)c(C2C=CC=C2)c1C. The van der Waals surface area contributed by atoms with Crippen LogP contribution in [0.5, 0.6) is 0 Å². The third kappa shape index (κ3) is 2.29. The van der Waals surface area contributed by atoms with Crippen LogP contribution >= 0.6 is 0 Å². The number of hydrogen-bond donors (Lipinski definition) is 0. The quantitative estimate of drug-likeness (QED) is 0.627. The van der Waals surface area contributed by atoms with Crippen LogP contribution in [0.2, 0.25) is 0 Å². The molecule has 0 aromatic heterocycles. The van der Waals surface area contributed by atoms with E-state index in [1.54, 1.807) is 0 Å². The van der Waals surface area contributed by atoms with Gasteiger partial charge in [-0.15, -0.1) is 0 Å². The third-order valence-electron chi connectivity index (χ3n) is 4.57. The Kier molecular flexibility index (Phi) is 3.47. The molecule has 2 rings (SSSR count). The van der Waals surface area contributed by atoms with Crippen molar-refractivity contribution in [2.24, 2.45) is 0 Å². The van der Waals surface area contributed by atoms with Gasteiger partial charge in [-0.25, -0.2) is 0 Å². The molecule has 0 spiro atoms. The van der Waals surface area contributed by atoms with Crippen LogP contribution in [0.3, 0.4) is 0 Å². The van der Waals surface area contributed by atoms with E-state index in [9.17, 15) is 0 Å². The predicted molar refractivity (Wildman–Crippen MR) is 85.1 cm³/mol. The Morgan fingerprint density at radius 1 is 0.737 bits per heavy atom. The Hall–Kier alpha value is -1.30. The summed E-state index contributed by atoms with van der Waals surface area (Å²) in [5.74, 6) is 0.451. The second kappa shape index (κ2) is 4.67. The van der Waals surface area contributed by atoms with Crippen molar-refractivity contribution in [2.75, 3.05) is 0 Å². The second-order valence-corrected chi connectivity index (χ2v) is 6.83. The minimum Gasteiger partial charge on any atom is -0.0732 e. The Balaban J connectivity index is 2.83. The number of rotatable bonds is 1. The van der Waals surface area contributed by atoms with E-state index in [-0.39, 0.29) is 5.41 Å². The van der Waals surface area contributed by atoms with Crippen LogP contribution in [0.1, 0.15) is 60.1 Å². The molecule has 102 valence electrons. The highest BCUT2D eigenvalue weighted by Crippen LogP contribution is 2.40. The van der Waals surface area contributed by atoms with E-state index in [0.717, 1.165) is 0 Å². The maximum atomic E-state index is 2.33. The molecule has 0 atom stereocenters. The van der Waals surface area contributed by atoms with Crippen molar-refractivity contribution in [2.45, 2.75) is 59.8 Å². The van der Waals surface area contributed by atoms with Crippen molar-refractivity contribution in [3.05, 3.63) is 57.7 Å². The zero-order valence-electron chi connectivity index (χ0n) is 13.4. The molecule has 0 nitrogen and oxygen atoms in total. The van der Waals surface area contributed by atoms with Crippen molar-refractivity contribution in [1.29, 1.82) is 0 Å². The first-order chi connectivity index (χ1) is 8.75. The molecule has 0 fully saturated rings. The highest BCUT2D eigenvalue weighted by Gasteiger charge is 2.27. The number of benzene rings is 1. The third-order valence-corrected chi connectivity index (χ3v) is 4.57. The molecule has 0 aliphatic heterocycles. The van der Waals surface area contributed by atoms with Crippen LogP contribution in [-0.2, 0) is 5.41 Å². The lowest BCUT2D eigenvalue weighted by Crippen LogP contribution is -2.20. The predicted octanol–water partition coefficient (Wildman–Crippen LogP) is 5.43. The summed E-state index contributed by atoms with van der Waals surface area (Å²) in [7, 11) is 0. The average Bonchev–Trinajstić information content (AvgIpc) is 2.82. The molecule has 0 heterocycles. The lowest BCUT2D eigenvalue weighted by atomic mass is 9.73. The summed E-state index contributed by atoms with van der Waals surface area (Å²) in [5.41, 5.74) is 9.10. The molecule has 1 aromatic carbocycles. The fourth-order valence-electron chi connectivity index (χ4n) is 3.35. The van der Waals surface area contributed by atoms with E-state index in [4.69, 9.17) is 0 Å². The average molecular weight is 254 g/mol. The Bertz CT molecular complexity index is 551. The lowest BCUT2D eigenvalue weighted by Gasteiger charge is -2.31. The van der Waals surface area contributed by atoms with Gasteiger partial charge < -0.3 is 0 Å². The number of hydrogen-bond acceptors (Lipinski definition) is 0. The van der Waals surface area contributed by atoms with Gasteiger partial charge in [-0.3, -0.25) is 0 Å². The fourth-order valence-corrected chi connectivity index (χ4v) is 3.35. The molecular weight excluding hydrogens is 228 g/mol. The number of allylic oxidation sites excluding steroid dienone is 4. The summed E-state index contributed by atoms with van der Waals surface area (Å²) < 4.78 is 0. The zero-order valence-corrected chi connectivity index (χ0v) is 13.4. The first-order valence-electron chi connectivity index (χ1n) is 7.21. The van der Waals surface area contributed by atoms with Gasteiger partial charge in [0, 0.05) is 5.92 Å². The first kappa shape index (κ1) is 14.1. The maximum Gasteiger partial charge on any atom is 0.0210 e. The van der Waals surface area contributed by atoms with E-state index >= 15 is 0 Å². The van der Waals surface area contributed by atoms with Gasteiger partial charge in [0.15, 0.2) is 0 Å². The van der Waals surface area contributed by atoms with Gasteiger partial charge in [0.2, 0.25) is 0 Å². The molecule has 0 radical (unpaired) electrons. The first-order valence-corrected chi connectivity index (χ1v) is 7.21. The van der Waals surface area contributed by atoms with Crippen molar-refractivity contribution in [3.8, 4) is 0 Å². The lowest BCUT2D eigenvalue weighted by molar-refractivity contribution is 0.576. The molecule has 0 amide bonds. The maximum absolute atomic E-state index is 2.33. The van der Waals surface area contributed by atoms with Crippen molar-refractivity contribution in [3.63, 3.8) is 0 Å². The largest absolute Gasteiger partial charge is 0.0732 e. The minimum atomic E-state index is 0.187. The molecule has 19 heavy (non-hydrogen) atoms. The summed E-state index contributed by atoms with van der Waals surface area (Å²) in [5, 5.41) is 0. The standard InChI is InChI=1S/C19H26/c1-12-13(2)15(4)18(19(5,6)7)17(14(12)3)16-10-8-9-11-16/h8-11,16H,1-7H3. The molecule has 0 heteroatoms. The van der Waals surface area contributed by atoms with Crippen molar-refractivity contribution in [1.82, 2.24) is 0 Å². The molecule has 1 aromatic rings. The fraction of sp³-hybridized carbons (Fsp3) is 0.474. The van der Waals surface area contributed by atoms with E-state index in [1.165, 1.54) is 33.4 Å². The Morgan fingerprint density at radius 2 is 1.21 bits per heavy atom. The van der Waals surface area contributed by atoms with Gasteiger partial charge >= 0.3 is 0 Å². The van der Waals surface area contributed by atoms with Crippen LogP contribution in [0, 0.1) is 27.7 Å². The van der Waals surface area contributed by atoms with Crippen LogP contribution in [0.4, 0.5) is 0 Å². The molecule has 0 saturated heterocycles. The van der Waals surface area contributed by atoms with E-state index in [1.807, 2.05) is 0 Å². The Labute approximate surface area is 118 Å². The van der Waals surface area contributed by atoms with E-state index in [2.05, 4.69) is 72.8 Å². The zero-order chi connectivity index (χ0) is 14.4. The molecule has 0 saturated carbocycles. The summed E-state index contributed by atoms with van der Waals surface area (Å²) in [4.78, 5) is 0. The monoisotopic (exact) mass is 254 g/mol. The molecule has 1 aliphatic rings. The summed E-state index contributed by atoms with van der Waals surface area (Å²) in [6.45, 7) is 16.1. The van der Waals surface area contributed by atoms with Gasteiger partial charge in [0.05, 0.1) is 0 Å². The smallest absolute Gasteiger partial charge is 0.0210 e. The van der Waals surface area contributed by atoms with Crippen molar-refractivity contribution >= 4 is 0 Å². The van der Waals surface area contributed by atoms with Crippen molar-refractivity contribution < 1.29 is 0 Å². The van der Waals surface area contributed by atoms with E-state index in [0.29, 0.717) is 5.92 Å². The van der Waals surface area contributed by atoms with E-state index < -0.39 is 0 Å². The highest BCUT2D eigenvalue weighted by atomic mass is 14.3. The highest BCUT2D eigenvalue weighted by molar-refractivity contribution is 5.56. The molecule has 0 bridgehead atoms. The van der Waals surface area contributed by atoms with Gasteiger partial charge in [0.25, 0.3) is 0 Å². The summed E-state index contributed by atoms with van der Waals surface area (Å²) in [6.07, 6.45) is 8.96. The van der Waals surface area contributed by atoms with Crippen LogP contribution < -0.4 is 0 Å². The minimum absolute atomic E-state index is 0.187. The van der Waals surface area contributed by atoms with Gasteiger partial charge in [0.1, 0.15) is 0 Å². The van der Waals surface area contributed by atoms with Gasteiger partial charge in [-0.2, -0.15) is 0 Å². The van der Waals surface area contributed by atoms with Gasteiger partial charge in [-0.05, 0) is 66.5 Å². The normalized spacial score (nSPS) is 15.5. The molecule has 0 N–H and O–H groups in total. The Morgan fingerprint density at radius 3 is 1.68 bits per heavy atom. The molecular formula is C19H26. The van der Waals surface area contributed by atoms with Crippen LogP contribution in [0.15, 0.2) is 24.3 Å². The molecule has 1 aliphatic carbocycles. The summed E-state index contributed by atoms with van der Waals surface area (Å²) in [6, 6.07) is 0. The van der Waals surface area contributed by atoms with Crippen LogP contribution in [-0.4, -0.2) is 0 Å². The molecule has 0 unspecified atom stereocenters. The van der Waals surface area contributed by atoms with Gasteiger partial charge in [-0.1, -0.05) is 45.1 Å². The summed E-state index contributed by atoms with van der Waals surface area (Å²) >= 11 is 0.